The minimum absolute atomic E-state index is 0.0856. The van der Waals surface area contributed by atoms with Crippen molar-refractivity contribution in [1.82, 2.24) is 9.88 Å². The van der Waals surface area contributed by atoms with Crippen molar-refractivity contribution in [1.29, 1.82) is 0 Å². The van der Waals surface area contributed by atoms with Crippen LogP contribution in [0.25, 0.3) is 11.5 Å². The fourth-order valence-electron chi connectivity index (χ4n) is 2.22. The standard InChI is InChI=1S/C14H12Cl2N2O2/c15-10-4-3-9(7-11(10)16)13-17-12(8-20-13)14(19)18-5-1-2-6-18/h3-4,7-8H,1-2,5-6H2. The molecule has 6 heteroatoms. The zero-order chi connectivity index (χ0) is 14.1. The van der Waals surface area contributed by atoms with Crippen LogP contribution in [0, 0.1) is 0 Å². The summed E-state index contributed by atoms with van der Waals surface area (Å²) < 4.78 is 5.37. The number of benzene rings is 1. The number of likely N-dealkylation sites (tertiary alicyclic amines) is 1. The molecular weight excluding hydrogens is 299 g/mol. The summed E-state index contributed by atoms with van der Waals surface area (Å²) >= 11 is 11.8. The molecule has 1 amide bonds. The summed E-state index contributed by atoms with van der Waals surface area (Å²) in [6.45, 7) is 1.57. The smallest absolute Gasteiger partial charge is 0.275 e. The molecule has 0 aliphatic carbocycles. The van der Waals surface area contributed by atoms with Crippen LogP contribution in [0.1, 0.15) is 23.3 Å². The zero-order valence-electron chi connectivity index (χ0n) is 10.6. The van der Waals surface area contributed by atoms with Crippen LogP contribution in [0.4, 0.5) is 0 Å². The summed E-state index contributed by atoms with van der Waals surface area (Å²) in [7, 11) is 0. The van der Waals surface area contributed by atoms with Crippen molar-refractivity contribution in [3.63, 3.8) is 0 Å². The third kappa shape index (κ3) is 2.53. The monoisotopic (exact) mass is 310 g/mol. The van der Waals surface area contributed by atoms with Crippen molar-refractivity contribution in [2.75, 3.05) is 13.1 Å². The summed E-state index contributed by atoms with van der Waals surface area (Å²) in [6.07, 6.45) is 3.48. The second-order valence-corrected chi connectivity index (χ2v) is 5.48. The van der Waals surface area contributed by atoms with Crippen LogP contribution in [-0.2, 0) is 0 Å². The molecule has 0 spiro atoms. The number of rotatable bonds is 2. The maximum absolute atomic E-state index is 12.2. The number of oxazole rings is 1. The second-order valence-electron chi connectivity index (χ2n) is 4.67. The van der Waals surface area contributed by atoms with Gasteiger partial charge in [-0.3, -0.25) is 4.79 Å². The molecule has 2 aromatic rings. The fraction of sp³-hybridized carbons (Fsp3) is 0.286. The minimum atomic E-state index is -0.0856. The van der Waals surface area contributed by atoms with Crippen LogP contribution in [0.15, 0.2) is 28.9 Å². The first-order chi connectivity index (χ1) is 9.65. The van der Waals surface area contributed by atoms with Crippen LogP contribution >= 0.6 is 23.2 Å². The van der Waals surface area contributed by atoms with Crippen LogP contribution in [0.2, 0.25) is 10.0 Å². The van der Waals surface area contributed by atoms with E-state index in [0.29, 0.717) is 27.2 Å². The van der Waals surface area contributed by atoms with Gasteiger partial charge in [-0.25, -0.2) is 4.98 Å². The molecule has 104 valence electrons. The Morgan fingerprint density at radius 3 is 2.65 bits per heavy atom. The molecule has 1 aromatic heterocycles. The number of carbonyl (C=O) groups excluding carboxylic acids is 1. The highest BCUT2D eigenvalue weighted by molar-refractivity contribution is 6.42. The predicted molar refractivity (Wildman–Crippen MR) is 77.1 cm³/mol. The Hall–Kier alpha value is -1.52. The van der Waals surface area contributed by atoms with Crippen LogP contribution in [0.5, 0.6) is 0 Å². The van der Waals surface area contributed by atoms with Crippen LogP contribution < -0.4 is 0 Å². The summed E-state index contributed by atoms with van der Waals surface area (Å²) in [4.78, 5) is 18.2. The third-order valence-corrected chi connectivity index (χ3v) is 4.02. The van der Waals surface area contributed by atoms with Crippen LogP contribution in [-0.4, -0.2) is 28.9 Å². The van der Waals surface area contributed by atoms with Crippen molar-refractivity contribution >= 4 is 29.1 Å². The van der Waals surface area contributed by atoms with Crippen molar-refractivity contribution < 1.29 is 9.21 Å². The largest absolute Gasteiger partial charge is 0.444 e. The molecule has 1 aliphatic heterocycles. The van der Waals surface area contributed by atoms with E-state index in [1.54, 1.807) is 23.1 Å². The SMILES string of the molecule is O=C(c1coc(-c2ccc(Cl)c(Cl)c2)n1)N1CCCC1. The Bertz CT molecular complexity index is 648. The van der Waals surface area contributed by atoms with Gasteiger partial charge in [-0.15, -0.1) is 0 Å². The van der Waals surface area contributed by atoms with Gasteiger partial charge in [-0.05, 0) is 31.0 Å². The third-order valence-electron chi connectivity index (χ3n) is 3.28. The van der Waals surface area contributed by atoms with Gasteiger partial charge < -0.3 is 9.32 Å². The molecule has 0 unspecified atom stereocenters. The fourth-order valence-corrected chi connectivity index (χ4v) is 2.51. The lowest BCUT2D eigenvalue weighted by atomic mass is 10.2. The van der Waals surface area contributed by atoms with E-state index in [1.807, 2.05) is 0 Å². The Labute approximate surface area is 126 Å². The zero-order valence-corrected chi connectivity index (χ0v) is 12.1. The summed E-state index contributed by atoms with van der Waals surface area (Å²) in [5.74, 6) is 0.281. The first-order valence-electron chi connectivity index (χ1n) is 6.35. The number of hydrogen-bond donors (Lipinski definition) is 0. The highest BCUT2D eigenvalue weighted by atomic mass is 35.5. The normalized spacial score (nSPS) is 14.8. The molecule has 0 bridgehead atoms. The molecule has 4 nitrogen and oxygen atoms in total. The Balaban J connectivity index is 1.85. The molecule has 1 fully saturated rings. The Morgan fingerprint density at radius 1 is 1.20 bits per heavy atom. The highest BCUT2D eigenvalue weighted by Gasteiger charge is 2.22. The van der Waals surface area contributed by atoms with Gasteiger partial charge in [-0.2, -0.15) is 0 Å². The summed E-state index contributed by atoms with van der Waals surface area (Å²) in [6, 6.07) is 5.09. The van der Waals surface area contributed by atoms with Gasteiger partial charge in [0.1, 0.15) is 6.26 Å². The maximum Gasteiger partial charge on any atom is 0.275 e. The molecule has 1 aliphatic rings. The number of hydrogen-bond acceptors (Lipinski definition) is 3. The molecule has 1 saturated heterocycles. The number of carbonyl (C=O) groups is 1. The molecule has 0 N–H and O–H groups in total. The second kappa shape index (κ2) is 5.46. The van der Waals surface area contributed by atoms with Gasteiger partial charge in [0, 0.05) is 18.7 Å². The first kappa shape index (κ1) is 13.5. The predicted octanol–water partition coefficient (Wildman–Crippen LogP) is 3.88. The van der Waals surface area contributed by atoms with Crippen molar-refractivity contribution in [3.8, 4) is 11.5 Å². The van der Waals surface area contributed by atoms with E-state index in [0.717, 1.165) is 25.9 Å². The van der Waals surface area contributed by atoms with Gasteiger partial charge in [0.15, 0.2) is 5.69 Å². The van der Waals surface area contributed by atoms with E-state index < -0.39 is 0 Å². The van der Waals surface area contributed by atoms with E-state index in [1.165, 1.54) is 6.26 Å². The van der Waals surface area contributed by atoms with E-state index in [4.69, 9.17) is 27.6 Å². The van der Waals surface area contributed by atoms with Crippen molar-refractivity contribution in [2.24, 2.45) is 0 Å². The summed E-state index contributed by atoms with van der Waals surface area (Å²) in [5.41, 5.74) is 1.02. The van der Waals surface area contributed by atoms with Crippen molar-refractivity contribution in [2.45, 2.75) is 12.8 Å². The summed E-state index contributed by atoms with van der Waals surface area (Å²) in [5, 5.41) is 0.894. The molecule has 3 rings (SSSR count). The van der Waals surface area contributed by atoms with Crippen molar-refractivity contribution in [3.05, 3.63) is 40.2 Å². The van der Waals surface area contributed by atoms with E-state index in [2.05, 4.69) is 4.98 Å². The Morgan fingerprint density at radius 2 is 1.95 bits per heavy atom. The number of halogens is 2. The average Bonchev–Trinajstić information content (AvgIpc) is 3.11. The highest BCUT2D eigenvalue weighted by Crippen LogP contribution is 2.28. The number of nitrogens with zero attached hydrogens (tertiary/aromatic N) is 2. The topological polar surface area (TPSA) is 46.3 Å². The molecule has 0 radical (unpaired) electrons. The van der Waals surface area contributed by atoms with Gasteiger partial charge >= 0.3 is 0 Å². The molecule has 2 heterocycles. The van der Waals surface area contributed by atoms with Gasteiger partial charge in [0.2, 0.25) is 5.89 Å². The number of aromatic nitrogens is 1. The van der Waals surface area contributed by atoms with E-state index in [-0.39, 0.29) is 5.91 Å². The van der Waals surface area contributed by atoms with Gasteiger partial charge in [-0.1, -0.05) is 23.2 Å². The lowest BCUT2D eigenvalue weighted by Gasteiger charge is -2.12. The lowest BCUT2D eigenvalue weighted by Crippen LogP contribution is -2.27. The van der Waals surface area contributed by atoms with E-state index >= 15 is 0 Å². The van der Waals surface area contributed by atoms with Crippen LogP contribution in [0.3, 0.4) is 0 Å². The molecule has 20 heavy (non-hydrogen) atoms. The maximum atomic E-state index is 12.2. The quantitative estimate of drug-likeness (QED) is 0.845. The van der Waals surface area contributed by atoms with Gasteiger partial charge in [0.05, 0.1) is 10.0 Å². The average molecular weight is 311 g/mol. The number of amides is 1. The minimum Gasteiger partial charge on any atom is -0.444 e. The molecular formula is C14H12Cl2N2O2. The Kier molecular flexibility index (Phi) is 3.68. The van der Waals surface area contributed by atoms with E-state index in [9.17, 15) is 4.79 Å². The lowest BCUT2D eigenvalue weighted by molar-refractivity contribution is 0.0787. The molecule has 0 saturated carbocycles. The van der Waals surface area contributed by atoms with Gasteiger partial charge in [0.25, 0.3) is 5.91 Å². The molecule has 0 atom stereocenters. The molecule has 1 aromatic carbocycles. The first-order valence-corrected chi connectivity index (χ1v) is 7.11.